The van der Waals surface area contributed by atoms with Crippen molar-refractivity contribution in [3.05, 3.63) is 0 Å². The van der Waals surface area contributed by atoms with Gasteiger partial charge in [0.05, 0.1) is 12.7 Å². The summed E-state index contributed by atoms with van der Waals surface area (Å²) in [6, 6.07) is 0. The molecule has 0 saturated heterocycles. The molecule has 5 nitrogen and oxygen atoms in total. The van der Waals surface area contributed by atoms with Crippen LogP contribution in [0.1, 0.15) is 19.8 Å². The summed E-state index contributed by atoms with van der Waals surface area (Å²) < 4.78 is 25.0. The summed E-state index contributed by atoms with van der Waals surface area (Å²) in [5.41, 5.74) is 0. The van der Waals surface area contributed by atoms with Crippen LogP contribution < -0.4 is 0 Å². The first-order chi connectivity index (χ1) is 6.05. The largest absolute Gasteiger partial charge is 0.472 e. The zero-order valence-corrected chi connectivity index (χ0v) is 9.12. The van der Waals surface area contributed by atoms with Crippen LogP contribution in [-0.2, 0) is 18.3 Å². The summed E-state index contributed by atoms with van der Waals surface area (Å²) in [7, 11) is -1.22. The van der Waals surface area contributed by atoms with Gasteiger partial charge >= 0.3 is 7.82 Å². The lowest BCUT2D eigenvalue weighted by Gasteiger charge is -2.18. The number of rotatable bonds is 7. The van der Waals surface area contributed by atoms with Gasteiger partial charge in [-0.15, -0.1) is 0 Å². The highest BCUT2D eigenvalue weighted by Gasteiger charge is 2.24. The molecule has 80 valence electrons. The van der Waals surface area contributed by atoms with Gasteiger partial charge in [-0.05, 0) is 6.42 Å². The Morgan fingerprint density at radius 3 is 2.46 bits per heavy atom. The first-order valence-electron chi connectivity index (χ1n) is 4.11. The fourth-order valence-electron chi connectivity index (χ4n) is 0.906. The maximum absolute atomic E-state index is 11.0. The molecule has 0 spiro atoms. The van der Waals surface area contributed by atoms with Gasteiger partial charge in [-0.25, -0.2) is 4.57 Å². The molecule has 0 aromatic carbocycles. The van der Waals surface area contributed by atoms with Crippen molar-refractivity contribution in [2.24, 2.45) is 0 Å². The first-order valence-corrected chi connectivity index (χ1v) is 5.61. The van der Waals surface area contributed by atoms with Crippen LogP contribution in [0.5, 0.6) is 0 Å². The Labute approximate surface area is 78.6 Å². The molecule has 6 heteroatoms. The normalized spacial score (nSPS) is 18.2. The zero-order valence-electron chi connectivity index (χ0n) is 8.23. The topological polar surface area (TPSA) is 65.0 Å². The van der Waals surface area contributed by atoms with Crippen molar-refractivity contribution in [3.63, 3.8) is 0 Å². The highest BCUT2D eigenvalue weighted by Crippen LogP contribution is 2.43. The fraction of sp³-hybridized carbons (Fsp3) is 1.00. The van der Waals surface area contributed by atoms with Crippen molar-refractivity contribution in [1.82, 2.24) is 0 Å². The minimum Gasteiger partial charge on any atom is -0.382 e. The molecule has 0 amide bonds. The molecule has 0 rings (SSSR count). The van der Waals surface area contributed by atoms with E-state index >= 15 is 0 Å². The van der Waals surface area contributed by atoms with Gasteiger partial charge < -0.3 is 9.63 Å². The number of hydrogen-bond acceptors (Lipinski definition) is 4. The first kappa shape index (κ1) is 13.1. The van der Waals surface area contributed by atoms with Crippen LogP contribution in [0.3, 0.4) is 0 Å². The third-order valence-electron chi connectivity index (χ3n) is 1.48. The van der Waals surface area contributed by atoms with E-state index in [1.807, 2.05) is 6.92 Å². The second kappa shape index (κ2) is 6.51. The Bertz CT molecular complexity index is 166. The van der Waals surface area contributed by atoms with Gasteiger partial charge in [0.25, 0.3) is 0 Å². The molecular weight excluding hydrogens is 195 g/mol. The molecule has 0 aliphatic carbocycles. The molecule has 2 unspecified atom stereocenters. The lowest BCUT2D eigenvalue weighted by Crippen LogP contribution is -2.17. The Morgan fingerprint density at radius 1 is 1.46 bits per heavy atom. The SMILES string of the molecule is CCCC(COC)OP(=O)(O)OC. The molecule has 0 radical (unpaired) electrons. The van der Waals surface area contributed by atoms with Crippen molar-refractivity contribution in [1.29, 1.82) is 0 Å². The molecule has 1 N–H and O–H groups in total. The van der Waals surface area contributed by atoms with Crippen LogP contribution in [0.25, 0.3) is 0 Å². The number of phosphoric ester groups is 1. The van der Waals surface area contributed by atoms with E-state index in [4.69, 9.17) is 14.2 Å². The fourth-order valence-corrected chi connectivity index (χ4v) is 1.53. The predicted molar refractivity (Wildman–Crippen MR) is 48.5 cm³/mol. The van der Waals surface area contributed by atoms with Crippen molar-refractivity contribution < 1.29 is 23.2 Å². The number of phosphoric acid groups is 1. The van der Waals surface area contributed by atoms with Gasteiger partial charge in [0.2, 0.25) is 0 Å². The number of ether oxygens (including phenoxy) is 1. The number of methoxy groups -OCH3 is 1. The molecule has 2 atom stereocenters. The Kier molecular flexibility index (Phi) is 6.55. The Hall–Kier alpha value is 0.0700. The molecule has 13 heavy (non-hydrogen) atoms. The maximum Gasteiger partial charge on any atom is 0.472 e. The maximum atomic E-state index is 11.0. The van der Waals surface area contributed by atoms with E-state index < -0.39 is 7.82 Å². The van der Waals surface area contributed by atoms with Gasteiger partial charge in [0, 0.05) is 14.2 Å². The van der Waals surface area contributed by atoms with E-state index in [-0.39, 0.29) is 6.10 Å². The molecule has 0 fully saturated rings. The number of hydrogen-bond donors (Lipinski definition) is 1. The Morgan fingerprint density at radius 2 is 2.08 bits per heavy atom. The standard InChI is InChI=1S/C7H17O5P/c1-4-5-7(6-10-2)12-13(8,9)11-3/h7H,4-6H2,1-3H3,(H,8,9). The average molecular weight is 212 g/mol. The highest BCUT2D eigenvalue weighted by atomic mass is 31.2. The van der Waals surface area contributed by atoms with E-state index in [0.717, 1.165) is 13.5 Å². The molecule has 0 aliphatic rings. The van der Waals surface area contributed by atoms with Gasteiger partial charge in [-0.1, -0.05) is 13.3 Å². The quantitative estimate of drug-likeness (QED) is 0.649. The van der Waals surface area contributed by atoms with Gasteiger partial charge in [-0.2, -0.15) is 0 Å². The van der Waals surface area contributed by atoms with Crippen LogP contribution in [0.2, 0.25) is 0 Å². The van der Waals surface area contributed by atoms with E-state index in [1.54, 1.807) is 0 Å². The van der Waals surface area contributed by atoms with E-state index in [1.165, 1.54) is 7.11 Å². The van der Waals surface area contributed by atoms with Crippen LogP contribution in [-0.4, -0.2) is 31.8 Å². The predicted octanol–water partition coefficient (Wildman–Crippen LogP) is 1.56. The average Bonchev–Trinajstić information content (AvgIpc) is 2.05. The summed E-state index contributed by atoms with van der Waals surface area (Å²) in [6.45, 7) is 2.25. The second-order valence-corrected chi connectivity index (χ2v) is 4.14. The zero-order chi connectivity index (χ0) is 10.3. The second-order valence-electron chi connectivity index (χ2n) is 2.62. The van der Waals surface area contributed by atoms with Crippen molar-refractivity contribution >= 4 is 7.82 Å². The van der Waals surface area contributed by atoms with Crippen molar-refractivity contribution in [2.75, 3.05) is 20.8 Å². The van der Waals surface area contributed by atoms with E-state index in [9.17, 15) is 4.57 Å². The lowest BCUT2D eigenvalue weighted by atomic mass is 10.2. The summed E-state index contributed by atoms with van der Waals surface area (Å²) in [5, 5.41) is 0. The summed E-state index contributed by atoms with van der Waals surface area (Å²) >= 11 is 0. The molecule has 0 aromatic rings. The van der Waals surface area contributed by atoms with E-state index in [2.05, 4.69) is 4.52 Å². The lowest BCUT2D eigenvalue weighted by molar-refractivity contribution is 0.0467. The van der Waals surface area contributed by atoms with Crippen molar-refractivity contribution in [2.45, 2.75) is 25.9 Å². The molecule has 0 aromatic heterocycles. The van der Waals surface area contributed by atoms with Crippen LogP contribution >= 0.6 is 7.82 Å². The smallest absolute Gasteiger partial charge is 0.382 e. The van der Waals surface area contributed by atoms with Crippen molar-refractivity contribution in [3.8, 4) is 0 Å². The van der Waals surface area contributed by atoms with Crippen LogP contribution in [0.15, 0.2) is 0 Å². The summed E-state index contributed by atoms with van der Waals surface area (Å²) in [4.78, 5) is 9.00. The monoisotopic (exact) mass is 212 g/mol. The van der Waals surface area contributed by atoms with Crippen LogP contribution in [0, 0.1) is 0 Å². The van der Waals surface area contributed by atoms with Gasteiger partial charge in [0.1, 0.15) is 0 Å². The molecule has 0 saturated carbocycles. The third kappa shape index (κ3) is 6.18. The van der Waals surface area contributed by atoms with Gasteiger partial charge in [0.15, 0.2) is 0 Å². The molecule has 0 bridgehead atoms. The minimum absolute atomic E-state index is 0.293. The van der Waals surface area contributed by atoms with Crippen LogP contribution in [0.4, 0.5) is 0 Å². The highest BCUT2D eigenvalue weighted by molar-refractivity contribution is 7.47. The summed E-state index contributed by atoms with van der Waals surface area (Å²) in [5.74, 6) is 0. The van der Waals surface area contributed by atoms with Gasteiger partial charge in [-0.3, -0.25) is 9.05 Å². The van der Waals surface area contributed by atoms with E-state index in [0.29, 0.717) is 13.0 Å². The molecular formula is C7H17O5P. The third-order valence-corrected chi connectivity index (χ3v) is 2.50. The minimum atomic E-state index is -3.87. The summed E-state index contributed by atoms with van der Waals surface area (Å²) in [6.07, 6.45) is 1.14. The Balaban J connectivity index is 4.00. The molecule has 0 heterocycles. The molecule has 0 aliphatic heterocycles.